The zero-order valence-electron chi connectivity index (χ0n) is 23.8. The number of carbonyl (C=O) groups excluding carboxylic acids is 2. The summed E-state index contributed by atoms with van der Waals surface area (Å²) in [4.78, 5) is 35.0. The van der Waals surface area contributed by atoms with Gasteiger partial charge in [0.25, 0.3) is 0 Å². The second-order valence-corrected chi connectivity index (χ2v) is 10.2. The maximum Gasteiger partial charge on any atom is 0.345 e. The molecule has 0 aromatic heterocycles. The van der Waals surface area contributed by atoms with Crippen molar-refractivity contribution in [2.45, 2.75) is 156 Å². The first-order valence-corrected chi connectivity index (χ1v) is 15.1. The van der Waals surface area contributed by atoms with E-state index < -0.39 is 0 Å². The van der Waals surface area contributed by atoms with Gasteiger partial charge in [0.1, 0.15) is 13.2 Å². The highest BCUT2D eigenvalue weighted by atomic mass is 17.2. The summed E-state index contributed by atoms with van der Waals surface area (Å²) in [5, 5.41) is 0. The predicted molar refractivity (Wildman–Crippen MR) is 145 cm³/mol. The van der Waals surface area contributed by atoms with Crippen molar-refractivity contribution in [2.75, 3.05) is 13.2 Å². The Morgan fingerprint density at radius 3 is 1.37 bits per heavy atom. The summed E-state index contributed by atoms with van der Waals surface area (Å²) in [6.45, 7) is 8.87. The largest absolute Gasteiger partial charge is 0.463 e. The van der Waals surface area contributed by atoms with E-state index in [2.05, 4.69) is 27.7 Å². The Balaban J connectivity index is 4.03. The van der Waals surface area contributed by atoms with E-state index >= 15 is 0 Å². The molecule has 0 rings (SSSR count). The molecule has 0 aliphatic heterocycles. The van der Waals surface area contributed by atoms with Crippen molar-refractivity contribution in [1.29, 1.82) is 0 Å². The highest BCUT2D eigenvalue weighted by Gasteiger charge is 2.21. The van der Waals surface area contributed by atoms with Crippen molar-refractivity contribution in [1.82, 2.24) is 0 Å². The number of unbranched alkanes of at least 4 members (excludes halogenated alkanes) is 12. The summed E-state index contributed by atoms with van der Waals surface area (Å²) < 4.78 is 5.42. The van der Waals surface area contributed by atoms with Crippen molar-refractivity contribution in [3.8, 4) is 0 Å². The van der Waals surface area contributed by atoms with Crippen LogP contribution in [0.5, 0.6) is 0 Å². The first kappa shape index (κ1) is 33.9. The van der Waals surface area contributed by atoms with Crippen molar-refractivity contribution in [3.05, 3.63) is 0 Å². The third kappa shape index (κ3) is 20.8. The molecule has 0 fully saturated rings. The van der Waals surface area contributed by atoms with Crippen molar-refractivity contribution >= 4 is 11.9 Å². The molecule has 0 heterocycles. The minimum Gasteiger partial charge on any atom is -0.463 e. The summed E-state index contributed by atoms with van der Waals surface area (Å²) in [6, 6.07) is 0. The lowest BCUT2D eigenvalue weighted by Crippen LogP contribution is -2.22. The zero-order valence-corrected chi connectivity index (χ0v) is 23.8. The lowest BCUT2D eigenvalue weighted by molar-refractivity contribution is -0.279. The van der Waals surface area contributed by atoms with Gasteiger partial charge in [0.15, 0.2) is 0 Å². The molecular formula is C30H58O5. The fourth-order valence-electron chi connectivity index (χ4n) is 4.61. The summed E-state index contributed by atoms with van der Waals surface area (Å²) in [5.74, 6) is -0.564. The van der Waals surface area contributed by atoms with Gasteiger partial charge in [0, 0.05) is 0 Å². The van der Waals surface area contributed by atoms with Gasteiger partial charge in [0.05, 0.1) is 11.8 Å². The van der Waals surface area contributed by atoms with E-state index in [1.54, 1.807) is 0 Å². The van der Waals surface area contributed by atoms with Crippen LogP contribution in [0, 0.1) is 11.8 Å². The Hall–Kier alpha value is -1.10. The van der Waals surface area contributed by atoms with Crippen LogP contribution in [0.25, 0.3) is 0 Å². The van der Waals surface area contributed by atoms with Crippen LogP contribution >= 0.6 is 0 Å². The van der Waals surface area contributed by atoms with Crippen LogP contribution in [0.15, 0.2) is 0 Å². The first-order valence-electron chi connectivity index (χ1n) is 15.1. The Labute approximate surface area is 217 Å². The number of ether oxygens (including phenoxy) is 1. The summed E-state index contributed by atoms with van der Waals surface area (Å²) in [6.07, 6.45) is 22.8. The first-order chi connectivity index (χ1) is 17.1. The van der Waals surface area contributed by atoms with Crippen LogP contribution in [0.2, 0.25) is 0 Å². The molecule has 0 saturated heterocycles. The molecule has 0 amide bonds. The predicted octanol–water partition coefficient (Wildman–Crippen LogP) is 9.12. The van der Waals surface area contributed by atoms with Crippen LogP contribution < -0.4 is 0 Å². The summed E-state index contributed by atoms with van der Waals surface area (Å²) in [5.41, 5.74) is 0. The van der Waals surface area contributed by atoms with Crippen LogP contribution in [0.1, 0.15) is 156 Å². The fraction of sp³-hybridized carbons (Fsp3) is 0.933. The second-order valence-electron chi connectivity index (χ2n) is 10.2. The minimum absolute atomic E-state index is 0.0332. The normalized spacial score (nSPS) is 12.9. The molecule has 0 aliphatic rings. The average Bonchev–Trinajstić information content (AvgIpc) is 2.85. The lowest BCUT2D eigenvalue weighted by Gasteiger charge is -2.16. The van der Waals surface area contributed by atoms with Crippen molar-refractivity contribution < 1.29 is 24.1 Å². The van der Waals surface area contributed by atoms with E-state index in [1.807, 2.05) is 0 Å². The molecule has 5 heteroatoms. The van der Waals surface area contributed by atoms with Gasteiger partial charge in [-0.05, 0) is 25.7 Å². The molecule has 35 heavy (non-hydrogen) atoms. The van der Waals surface area contributed by atoms with Crippen molar-refractivity contribution in [3.63, 3.8) is 0 Å². The lowest BCUT2D eigenvalue weighted by atomic mass is 9.96. The van der Waals surface area contributed by atoms with E-state index in [0.717, 1.165) is 51.4 Å². The molecule has 0 aromatic rings. The highest BCUT2D eigenvalue weighted by molar-refractivity contribution is 5.72. The molecule has 208 valence electrons. The van der Waals surface area contributed by atoms with E-state index in [-0.39, 0.29) is 37.0 Å². The average molecular weight is 499 g/mol. The Kier molecular flexibility index (Phi) is 25.2. The molecule has 0 radical (unpaired) electrons. The van der Waals surface area contributed by atoms with Gasteiger partial charge in [-0.15, -0.1) is 0 Å². The number of hydrogen-bond donors (Lipinski definition) is 0. The summed E-state index contributed by atoms with van der Waals surface area (Å²) in [7, 11) is 0. The Morgan fingerprint density at radius 2 is 0.914 bits per heavy atom. The van der Waals surface area contributed by atoms with Gasteiger partial charge < -0.3 is 4.74 Å². The van der Waals surface area contributed by atoms with Gasteiger partial charge >= 0.3 is 11.9 Å². The van der Waals surface area contributed by atoms with Crippen LogP contribution in [-0.2, 0) is 24.1 Å². The van der Waals surface area contributed by atoms with Crippen LogP contribution in [0.3, 0.4) is 0 Å². The van der Waals surface area contributed by atoms with E-state index in [1.165, 1.54) is 77.0 Å². The molecule has 2 unspecified atom stereocenters. The molecule has 0 saturated carbocycles. The second kappa shape index (κ2) is 26.0. The quantitative estimate of drug-likeness (QED) is 0.0515. The van der Waals surface area contributed by atoms with Gasteiger partial charge in [0.2, 0.25) is 0 Å². The molecule has 0 aromatic carbocycles. The summed E-state index contributed by atoms with van der Waals surface area (Å²) >= 11 is 0. The monoisotopic (exact) mass is 498 g/mol. The molecule has 2 atom stereocenters. The maximum absolute atomic E-state index is 12.5. The third-order valence-corrected chi connectivity index (χ3v) is 6.81. The number of carbonyl (C=O) groups is 2. The number of hydrogen-bond acceptors (Lipinski definition) is 5. The van der Waals surface area contributed by atoms with E-state index in [0.29, 0.717) is 0 Å². The fourth-order valence-corrected chi connectivity index (χ4v) is 4.61. The van der Waals surface area contributed by atoms with E-state index in [9.17, 15) is 9.59 Å². The Bertz CT molecular complexity index is 437. The molecule has 0 N–H and O–H groups in total. The molecule has 0 bridgehead atoms. The Morgan fingerprint density at radius 1 is 0.486 bits per heavy atom. The number of esters is 1. The molecule has 5 nitrogen and oxygen atoms in total. The maximum atomic E-state index is 12.5. The molecular weight excluding hydrogens is 440 g/mol. The highest BCUT2D eigenvalue weighted by Crippen LogP contribution is 2.20. The van der Waals surface area contributed by atoms with Crippen molar-refractivity contribution in [2.24, 2.45) is 11.8 Å². The topological polar surface area (TPSA) is 61.8 Å². The van der Waals surface area contributed by atoms with Crippen LogP contribution in [0.4, 0.5) is 0 Å². The van der Waals surface area contributed by atoms with Gasteiger partial charge in [-0.3, -0.25) is 9.68 Å². The number of rotatable bonds is 26. The smallest absolute Gasteiger partial charge is 0.345 e. The zero-order chi connectivity index (χ0) is 26.0. The SMILES string of the molecule is CCCCCCCCCC(CCC)C(=O)OCCOOC(=O)C(CCC)CCCCCCCCC. The molecule has 0 spiro atoms. The van der Waals surface area contributed by atoms with Crippen LogP contribution in [-0.4, -0.2) is 25.2 Å². The van der Waals surface area contributed by atoms with Gasteiger partial charge in [-0.25, -0.2) is 4.79 Å². The minimum atomic E-state index is -0.285. The standard InChI is InChI=1S/C30H58O5/c1-5-9-11-13-15-17-19-23-27(21-7-3)29(31)33-25-26-34-35-30(32)28(22-8-4)24-20-18-16-14-12-10-6-2/h27-28H,5-26H2,1-4H3. The third-order valence-electron chi connectivity index (χ3n) is 6.81. The van der Waals surface area contributed by atoms with E-state index in [4.69, 9.17) is 14.5 Å². The van der Waals surface area contributed by atoms with Gasteiger partial charge in [-0.2, -0.15) is 4.89 Å². The van der Waals surface area contributed by atoms with Gasteiger partial charge in [-0.1, -0.05) is 130 Å². The molecule has 0 aliphatic carbocycles.